The summed E-state index contributed by atoms with van der Waals surface area (Å²) in [5.41, 5.74) is 2.57. The average Bonchev–Trinajstić information content (AvgIpc) is 2.93. The first kappa shape index (κ1) is 14.2. The van der Waals surface area contributed by atoms with Crippen LogP contribution in [0.2, 0.25) is 0 Å². The van der Waals surface area contributed by atoms with Crippen molar-refractivity contribution in [2.45, 2.75) is 26.5 Å². The molecule has 0 spiro atoms. The first-order valence-corrected chi connectivity index (χ1v) is 7.77. The maximum atomic E-state index is 5.82. The quantitative estimate of drug-likeness (QED) is 0.818. The van der Waals surface area contributed by atoms with Crippen LogP contribution in [-0.2, 0) is 13.2 Å². The van der Waals surface area contributed by atoms with Crippen molar-refractivity contribution in [1.29, 1.82) is 0 Å². The van der Waals surface area contributed by atoms with Crippen molar-refractivity contribution in [3.8, 4) is 5.75 Å². The Hall–Kier alpha value is -1.80. The molecule has 0 unspecified atom stereocenters. The molecule has 1 fully saturated rings. The van der Waals surface area contributed by atoms with Crippen molar-refractivity contribution in [2.24, 2.45) is 5.92 Å². The second-order valence-corrected chi connectivity index (χ2v) is 6.05. The van der Waals surface area contributed by atoms with Crippen LogP contribution in [0.1, 0.15) is 24.5 Å². The first-order chi connectivity index (χ1) is 10.3. The van der Waals surface area contributed by atoms with Crippen molar-refractivity contribution in [3.05, 3.63) is 65.7 Å². The molecule has 2 aromatic carbocycles. The van der Waals surface area contributed by atoms with Crippen LogP contribution < -0.4 is 4.74 Å². The molecular formula is C19H23NO. The Morgan fingerprint density at radius 1 is 1.00 bits per heavy atom. The molecule has 1 atom stereocenters. The van der Waals surface area contributed by atoms with Gasteiger partial charge < -0.3 is 4.74 Å². The Bertz CT molecular complexity index is 550. The zero-order valence-corrected chi connectivity index (χ0v) is 12.7. The fourth-order valence-electron chi connectivity index (χ4n) is 2.86. The number of hydrogen-bond donors (Lipinski definition) is 0. The smallest absolute Gasteiger partial charge is 0.119 e. The third-order valence-corrected chi connectivity index (χ3v) is 4.09. The molecule has 0 saturated carbocycles. The molecule has 0 N–H and O–H groups in total. The molecule has 2 nitrogen and oxygen atoms in total. The van der Waals surface area contributed by atoms with E-state index in [1.807, 2.05) is 18.2 Å². The van der Waals surface area contributed by atoms with Gasteiger partial charge in [-0.05, 0) is 42.1 Å². The van der Waals surface area contributed by atoms with Gasteiger partial charge in [0.25, 0.3) is 0 Å². The van der Waals surface area contributed by atoms with Crippen LogP contribution in [-0.4, -0.2) is 18.0 Å². The molecule has 0 amide bonds. The van der Waals surface area contributed by atoms with Gasteiger partial charge in [0.2, 0.25) is 0 Å². The largest absolute Gasteiger partial charge is 0.489 e. The maximum Gasteiger partial charge on any atom is 0.119 e. The fraction of sp³-hybridized carbons (Fsp3) is 0.368. The van der Waals surface area contributed by atoms with Gasteiger partial charge >= 0.3 is 0 Å². The van der Waals surface area contributed by atoms with E-state index < -0.39 is 0 Å². The maximum absolute atomic E-state index is 5.82. The molecule has 21 heavy (non-hydrogen) atoms. The van der Waals surface area contributed by atoms with E-state index in [2.05, 4.69) is 48.2 Å². The van der Waals surface area contributed by atoms with Gasteiger partial charge in [-0.15, -0.1) is 0 Å². The van der Waals surface area contributed by atoms with Crippen LogP contribution in [0.4, 0.5) is 0 Å². The Kier molecular flexibility index (Phi) is 4.56. The fourth-order valence-corrected chi connectivity index (χ4v) is 2.86. The van der Waals surface area contributed by atoms with Crippen molar-refractivity contribution in [1.82, 2.24) is 4.90 Å². The van der Waals surface area contributed by atoms with E-state index in [0.717, 1.165) is 18.2 Å². The predicted octanol–water partition coefficient (Wildman–Crippen LogP) is 4.11. The van der Waals surface area contributed by atoms with E-state index in [0.29, 0.717) is 6.61 Å². The van der Waals surface area contributed by atoms with Crippen molar-refractivity contribution >= 4 is 0 Å². The minimum Gasteiger partial charge on any atom is -0.489 e. The number of rotatable bonds is 5. The highest BCUT2D eigenvalue weighted by Gasteiger charge is 2.18. The molecule has 1 aliphatic rings. The van der Waals surface area contributed by atoms with E-state index in [4.69, 9.17) is 4.74 Å². The lowest BCUT2D eigenvalue weighted by Gasteiger charge is -2.15. The van der Waals surface area contributed by atoms with E-state index in [1.54, 1.807) is 0 Å². The third kappa shape index (κ3) is 4.08. The molecule has 1 heterocycles. The van der Waals surface area contributed by atoms with Gasteiger partial charge in [-0.25, -0.2) is 0 Å². The number of hydrogen-bond acceptors (Lipinski definition) is 2. The highest BCUT2D eigenvalue weighted by atomic mass is 16.5. The second kappa shape index (κ2) is 6.77. The van der Waals surface area contributed by atoms with Gasteiger partial charge in [-0.2, -0.15) is 0 Å². The Balaban J connectivity index is 1.52. The molecular weight excluding hydrogens is 258 g/mol. The molecule has 110 valence electrons. The summed E-state index contributed by atoms with van der Waals surface area (Å²) >= 11 is 0. The van der Waals surface area contributed by atoms with Crippen LogP contribution in [0.25, 0.3) is 0 Å². The van der Waals surface area contributed by atoms with Crippen molar-refractivity contribution in [3.63, 3.8) is 0 Å². The van der Waals surface area contributed by atoms with Gasteiger partial charge in [0.1, 0.15) is 12.4 Å². The Morgan fingerprint density at radius 2 is 1.76 bits per heavy atom. The van der Waals surface area contributed by atoms with E-state index in [1.165, 1.54) is 30.6 Å². The topological polar surface area (TPSA) is 12.5 Å². The first-order valence-electron chi connectivity index (χ1n) is 7.77. The van der Waals surface area contributed by atoms with Crippen LogP contribution in [0.15, 0.2) is 54.6 Å². The molecule has 2 aromatic rings. The minimum atomic E-state index is 0.629. The summed E-state index contributed by atoms with van der Waals surface area (Å²) < 4.78 is 5.82. The second-order valence-electron chi connectivity index (χ2n) is 6.05. The van der Waals surface area contributed by atoms with E-state index >= 15 is 0 Å². The van der Waals surface area contributed by atoms with Gasteiger partial charge in [0.05, 0.1) is 0 Å². The van der Waals surface area contributed by atoms with Crippen LogP contribution in [0.5, 0.6) is 5.75 Å². The van der Waals surface area contributed by atoms with Gasteiger partial charge in [0, 0.05) is 13.1 Å². The SMILES string of the molecule is C[C@H]1CCN(Cc2ccc(OCc3ccccc3)cc2)C1. The lowest BCUT2D eigenvalue weighted by Crippen LogP contribution is -2.19. The van der Waals surface area contributed by atoms with Crippen molar-refractivity contribution < 1.29 is 4.74 Å². The number of benzene rings is 2. The zero-order valence-electron chi connectivity index (χ0n) is 12.7. The Morgan fingerprint density at radius 3 is 2.43 bits per heavy atom. The molecule has 0 aromatic heterocycles. The summed E-state index contributed by atoms with van der Waals surface area (Å²) in [7, 11) is 0. The van der Waals surface area contributed by atoms with E-state index in [-0.39, 0.29) is 0 Å². The normalized spacial score (nSPS) is 18.8. The summed E-state index contributed by atoms with van der Waals surface area (Å²) in [6, 6.07) is 18.8. The molecule has 2 heteroatoms. The molecule has 3 rings (SSSR count). The highest BCUT2D eigenvalue weighted by molar-refractivity contribution is 5.27. The average molecular weight is 281 g/mol. The minimum absolute atomic E-state index is 0.629. The summed E-state index contributed by atoms with van der Waals surface area (Å²) in [5, 5.41) is 0. The number of likely N-dealkylation sites (tertiary alicyclic amines) is 1. The zero-order chi connectivity index (χ0) is 14.5. The van der Waals surface area contributed by atoms with Crippen LogP contribution in [0, 0.1) is 5.92 Å². The van der Waals surface area contributed by atoms with Crippen LogP contribution >= 0.6 is 0 Å². The molecule has 1 saturated heterocycles. The highest BCUT2D eigenvalue weighted by Crippen LogP contribution is 2.20. The molecule has 0 radical (unpaired) electrons. The summed E-state index contributed by atoms with van der Waals surface area (Å²) in [4.78, 5) is 2.53. The Labute approximate surface area is 127 Å². The van der Waals surface area contributed by atoms with Crippen molar-refractivity contribution in [2.75, 3.05) is 13.1 Å². The molecule has 0 aliphatic carbocycles. The van der Waals surface area contributed by atoms with E-state index in [9.17, 15) is 0 Å². The number of nitrogens with zero attached hydrogens (tertiary/aromatic N) is 1. The van der Waals surface area contributed by atoms with Gasteiger partial charge in [-0.1, -0.05) is 49.4 Å². The summed E-state index contributed by atoms with van der Waals surface area (Å²) in [5.74, 6) is 1.79. The summed E-state index contributed by atoms with van der Waals surface area (Å²) in [6.07, 6.45) is 1.33. The van der Waals surface area contributed by atoms with Gasteiger partial charge in [-0.3, -0.25) is 4.90 Å². The standard InChI is InChI=1S/C19H23NO/c1-16-11-12-20(13-16)14-17-7-9-19(10-8-17)21-15-18-5-3-2-4-6-18/h2-10,16H,11-15H2,1H3/t16-/m0/s1. The number of ether oxygens (including phenoxy) is 1. The van der Waals surface area contributed by atoms with Gasteiger partial charge in [0.15, 0.2) is 0 Å². The predicted molar refractivity (Wildman–Crippen MR) is 86.3 cm³/mol. The molecule has 1 aliphatic heterocycles. The third-order valence-electron chi connectivity index (χ3n) is 4.09. The summed E-state index contributed by atoms with van der Waals surface area (Å²) in [6.45, 7) is 6.48. The monoisotopic (exact) mass is 281 g/mol. The lowest BCUT2D eigenvalue weighted by atomic mass is 10.2. The molecule has 0 bridgehead atoms. The lowest BCUT2D eigenvalue weighted by molar-refractivity contribution is 0.304. The van der Waals surface area contributed by atoms with Crippen LogP contribution in [0.3, 0.4) is 0 Å².